The number of carboxylic acid groups (broad SMARTS) is 1. The molecule has 2 fully saturated rings. The van der Waals surface area contributed by atoms with Crippen molar-refractivity contribution in [3.63, 3.8) is 0 Å². The zero-order valence-electron chi connectivity index (χ0n) is 15.7. The average Bonchev–Trinajstić information content (AvgIpc) is 3.47. The zero-order chi connectivity index (χ0) is 19.8. The van der Waals surface area contributed by atoms with Gasteiger partial charge in [0.05, 0.1) is 4.90 Å². The highest BCUT2D eigenvalue weighted by Gasteiger charge is 2.39. The molecule has 0 spiro atoms. The second kappa shape index (κ2) is 7.59. The van der Waals surface area contributed by atoms with Crippen LogP contribution in [-0.2, 0) is 14.8 Å². The van der Waals surface area contributed by atoms with Gasteiger partial charge in [-0.3, -0.25) is 4.79 Å². The van der Waals surface area contributed by atoms with Crippen molar-refractivity contribution in [2.75, 3.05) is 6.54 Å². The van der Waals surface area contributed by atoms with Gasteiger partial charge in [-0.1, -0.05) is 6.42 Å². The SMILES string of the molecule is CC(C(=O)O)N(C(=O)c1ccc(S(=O)(=O)N2CCCCC2C)cc1)C1CC1. The van der Waals surface area contributed by atoms with Crippen LogP contribution in [0.3, 0.4) is 0 Å². The molecule has 1 saturated carbocycles. The molecule has 148 valence electrons. The van der Waals surface area contributed by atoms with Gasteiger partial charge < -0.3 is 10.0 Å². The van der Waals surface area contributed by atoms with Crippen molar-refractivity contribution in [1.29, 1.82) is 0 Å². The molecule has 2 atom stereocenters. The number of carboxylic acids is 1. The van der Waals surface area contributed by atoms with Crippen LogP contribution in [0.5, 0.6) is 0 Å². The standard InChI is InChI=1S/C19H26N2O5S/c1-13-5-3-4-12-20(13)27(25,26)17-10-6-15(7-11-17)18(22)21(16-8-9-16)14(2)19(23)24/h6-7,10-11,13-14,16H,3-5,8-9,12H2,1-2H3,(H,23,24). The maximum absolute atomic E-state index is 12.9. The summed E-state index contributed by atoms with van der Waals surface area (Å²) in [6.07, 6.45) is 4.31. The van der Waals surface area contributed by atoms with Crippen molar-refractivity contribution in [3.8, 4) is 0 Å². The third-order valence-electron chi connectivity index (χ3n) is 5.40. The van der Waals surface area contributed by atoms with Crippen LogP contribution < -0.4 is 0 Å². The lowest BCUT2D eigenvalue weighted by molar-refractivity contribution is -0.141. The van der Waals surface area contributed by atoms with E-state index in [0.29, 0.717) is 12.1 Å². The lowest BCUT2D eigenvalue weighted by Gasteiger charge is -2.32. The van der Waals surface area contributed by atoms with E-state index in [4.69, 9.17) is 0 Å². The van der Waals surface area contributed by atoms with Gasteiger partial charge in [-0.25, -0.2) is 13.2 Å². The monoisotopic (exact) mass is 394 g/mol. The number of benzene rings is 1. The summed E-state index contributed by atoms with van der Waals surface area (Å²) < 4.78 is 27.3. The van der Waals surface area contributed by atoms with Crippen molar-refractivity contribution in [2.45, 2.75) is 69.0 Å². The second-order valence-electron chi connectivity index (χ2n) is 7.44. The van der Waals surface area contributed by atoms with Gasteiger partial charge in [-0.2, -0.15) is 4.31 Å². The first-order valence-electron chi connectivity index (χ1n) is 9.41. The van der Waals surface area contributed by atoms with Crippen LogP contribution in [0.2, 0.25) is 0 Å². The minimum Gasteiger partial charge on any atom is -0.480 e. The minimum absolute atomic E-state index is 0.0353. The van der Waals surface area contributed by atoms with Crippen LogP contribution in [0.4, 0.5) is 0 Å². The molecule has 27 heavy (non-hydrogen) atoms. The van der Waals surface area contributed by atoms with Gasteiger partial charge in [0.25, 0.3) is 5.91 Å². The first kappa shape index (κ1) is 19.8. The number of hydrogen-bond acceptors (Lipinski definition) is 4. The molecule has 1 aliphatic carbocycles. The predicted octanol–water partition coefficient (Wildman–Crippen LogP) is 2.33. The number of piperidine rings is 1. The third kappa shape index (κ3) is 4.01. The summed E-state index contributed by atoms with van der Waals surface area (Å²) in [5, 5.41) is 9.27. The number of rotatable bonds is 6. The summed E-state index contributed by atoms with van der Waals surface area (Å²) in [6, 6.07) is 4.85. The van der Waals surface area contributed by atoms with Crippen LogP contribution in [0.25, 0.3) is 0 Å². The van der Waals surface area contributed by atoms with Crippen molar-refractivity contribution in [1.82, 2.24) is 9.21 Å². The molecule has 0 radical (unpaired) electrons. The first-order valence-corrected chi connectivity index (χ1v) is 10.8. The van der Waals surface area contributed by atoms with Crippen LogP contribution in [-0.4, -0.2) is 59.3 Å². The van der Waals surface area contributed by atoms with Gasteiger partial charge in [-0.05, 0) is 63.8 Å². The zero-order valence-corrected chi connectivity index (χ0v) is 16.5. The van der Waals surface area contributed by atoms with E-state index in [1.54, 1.807) is 0 Å². The average molecular weight is 394 g/mol. The maximum Gasteiger partial charge on any atom is 0.326 e. The molecule has 1 amide bonds. The number of carbonyl (C=O) groups excluding carboxylic acids is 1. The molecular weight excluding hydrogens is 368 g/mol. The number of aliphatic carboxylic acids is 1. The molecule has 1 saturated heterocycles. The smallest absolute Gasteiger partial charge is 0.326 e. The molecule has 0 aromatic heterocycles. The summed E-state index contributed by atoms with van der Waals surface area (Å²) >= 11 is 0. The number of hydrogen-bond donors (Lipinski definition) is 1. The summed E-state index contributed by atoms with van der Waals surface area (Å²) in [4.78, 5) is 25.7. The first-order chi connectivity index (χ1) is 12.7. The fourth-order valence-electron chi connectivity index (χ4n) is 3.61. The van der Waals surface area contributed by atoms with Crippen molar-refractivity contribution in [3.05, 3.63) is 29.8 Å². The summed E-state index contributed by atoms with van der Waals surface area (Å²) in [7, 11) is -3.59. The van der Waals surface area contributed by atoms with Gasteiger partial charge in [0.1, 0.15) is 6.04 Å². The molecule has 1 N–H and O–H groups in total. The number of carbonyl (C=O) groups is 2. The molecule has 7 nitrogen and oxygen atoms in total. The van der Waals surface area contributed by atoms with Crippen molar-refractivity contribution in [2.24, 2.45) is 0 Å². The summed E-state index contributed by atoms with van der Waals surface area (Å²) in [5.74, 6) is -1.42. The quantitative estimate of drug-likeness (QED) is 0.799. The Bertz CT molecular complexity index is 817. The number of sulfonamides is 1. The lowest BCUT2D eigenvalue weighted by atomic mass is 10.1. The molecular formula is C19H26N2O5S. The molecule has 0 bridgehead atoms. The molecule has 1 aliphatic heterocycles. The predicted molar refractivity (Wildman–Crippen MR) is 99.9 cm³/mol. The van der Waals surface area contributed by atoms with E-state index in [-0.39, 0.29) is 22.9 Å². The molecule has 1 aromatic rings. The number of amides is 1. The van der Waals surface area contributed by atoms with Crippen LogP contribution in [0, 0.1) is 0 Å². The molecule has 3 rings (SSSR count). The van der Waals surface area contributed by atoms with E-state index in [1.807, 2.05) is 6.92 Å². The van der Waals surface area contributed by atoms with Gasteiger partial charge in [0, 0.05) is 24.2 Å². The van der Waals surface area contributed by atoms with Gasteiger partial charge in [0.2, 0.25) is 10.0 Å². The van der Waals surface area contributed by atoms with Gasteiger partial charge >= 0.3 is 5.97 Å². The van der Waals surface area contributed by atoms with Crippen LogP contribution in [0.15, 0.2) is 29.2 Å². The van der Waals surface area contributed by atoms with E-state index in [9.17, 15) is 23.1 Å². The van der Waals surface area contributed by atoms with Gasteiger partial charge in [-0.15, -0.1) is 0 Å². The topological polar surface area (TPSA) is 95.0 Å². The maximum atomic E-state index is 12.9. The number of nitrogens with zero attached hydrogens (tertiary/aromatic N) is 2. The van der Waals surface area contributed by atoms with Crippen LogP contribution >= 0.6 is 0 Å². The van der Waals surface area contributed by atoms with E-state index < -0.39 is 22.0 Å². The second-order valence-corrected chi connectivity index (χ2v) is 9.33. The fourth-order valence-corrected chi connectivity index (χ4v) is 5.31. The highest BCUT2D eigenvalue weighted by atomic mass is 32.2. The molecule has 8 heteroatoms. The van der Waals surface area contributed by atoms with Gasteiger partial charge in [0.15, 0.2) is 0 Å². The third-order valence-corrected chi connectivity index (χ3v) is 7.43. The summed E-state index contributed by atoms with van der Waals surface area (Å²) in [6.45, 7) is 3.92. The van der Waals surface area contributed by atoms with Crippen molar-refractivity contribution >= 4 is 21.9 Å². The Morgan fingerprint density at radius 1 is 1.15 bits per heavy atom. The normalized spacial score (nSPS) is 22.2. The lowest BCUT2D eigenvalue weighted by Crippen LogP contribution is -2.44. The summed E-state index contributed by atoms with van der Waals surface area (Å²) in [5.41, 5.74) is 0.306. The Hall–Kier alpha value is -1.93. The Morgan fingerprint density at radius 3 is 2.30 bits per heavy atom. The highest BCUT2D eigenvalue weighted by molar-refractivity contribution is 7.89. The highest BCUT2D eigenvalue weighted by Crippen LogP contribution is 2.31. The molecule has 2 aliphatic rings. The Kier molecular flexibility index (Phi) is 5.58. The van der Waals surface area contributed by atoms with Crippen molar-refractivity contribution < 1.29 is 23.1 Å². The minimum atomic E-state index is -3.59. The molecule has 1 heterocycles. The van der Waals surface area contributed by atoms with E-state index in [1.165, 1.54) is 40.4 Å². The Labute approximate surface area is 160 Å². The largest absolute Gasteiger partial charge is 0.480 e. The molecule has 1 aromatic carbocycles. The Morgan fingerprint density at radius 2 is 1.78 bits per heavy atom. The van der Waals surface area contributed by atoms with E-state index in [0.717, 1.165) is 32.1 Å². The van der Waals surface area contributed by atoms with E-state index >= 15 is 0 Å². The van der Waals surface area contributed by atoms with E-state index in [2.05, 4.69) is 0 Å². The Balaban J connectivity index is 1.82. The van der Waals surface area contributed by atoms with Crippen LogP contribution in [0.1, 0.15) is 56.3 Å². The molecule has 2 unspecified atom stereocenters. The fraction of sp³-hybridized carbons (Fsp3) is 0.579.